The lowest BCUT2D eigenvalue weighted by molar-refractivity contribution is -0.253. The van der Waals surface area contributed by atoms with Crippen LogP contribution in [0.5, 0.6) is 5.75 Å². The van der Waals surface area contributed by atoms with Gasteiger partial charge in [0.15, 0.2) is 0 Å². The van der Waals surface area contributed by atoms with E-state index in [1.165, 1.54) is 30.1 Å². The summed E-state index contributed by atoms with van der Waals surface area (Å²) in [7, 11) is 1.46. The van der Waals surface area contributed by atoms with Gasteiger partial charge in [0.2, 0.25) is 0 Å². The summed E-state index contributed by atoms with van der Waals surface area (Å²) < 4.78 is 55.1. The first kappa shape index (κ1) is 18.7. The lowest BCUT2D eigenvalue weighted by Gasteiger charge is -2.22. The molecule has 8 heteroatoms. The van der Waals surface area contributed by atoms with Gasteiger partial charge in [0.25, 0.3) is 5.91 Å². The Morgan fingerprint density at radius 3 is 2.56 bits per heavy atom. The molecule has 0 radical (unpaired) electrons. The minimum Gasteiger partial charge on any atom is -0.427 e. The van der Waals surface area contributed by atoms with Gasteiger partial charge in [0, 0.05) is 13.2 Å². The summed E-state index contributed by atoms with van der Waals surface area (Å²) in [4.78, 5) is 17.9. The summed E-state index contributed by atoms with van der Waals surface area (Å²) in [5.74, 6) is -1.26. The van der Waals surface area contributed by atoms with Crippen LogP contribution in [-0.4, -0.2) is 35.4 Å². The highest BCUT2D eigenvalue weighted by Gasteiger charge is 2.44. The first-order valence-corrected chi connectivity index (χ1v) is 7.32. The normalized spacial score (nSPS) is 11.5. The van der Waals surface area contributed by atoms with Gasteiger partial charge in [-0.25, -0.2) is 0 Å². The van der Waals surface area contributed by atoms with E-state index in [1.807, 2.05) is 13.0 Å². The SMILES string of the molecule is Cc1cccnc1CN(C)C(=O)c1ccccc1OC(F)(F)C(F)F. The number of aromatic nitrogens is 1. The number of carbonyl (C=O) groups excluding carboxylic acids is 1. The third kappa shape index (κ3) is 4.46. The van der Waals surface area contributed by atoms with Crippen LogP contribution >= 0.6 is 0 Å². The Balaban J connectivity index is 2.23. The monoisotopic (exact) mass is 356 g/mol. The van der Waals surface area contributed by atoms with E-state index in [0.717, 1.165) is 11.6 Å². The predicted octanol–water partition coefficient (Wildman–Crippen LogP) is 3.90. The number of amides is 1. The predicted molar refractivity (Wildman–Crippen MR) is 82.8 cm³/mol. The van der Waals surface area contributed by atoms with Crippen molar-refractivity contribution < 1.29 is 27.1 Å². The highest BCUT2D eigenvalue weighted by atomic mass is 19.3. The fourth-order valence-corrected chi connectivity index (χ4v) is 2.11. The lowest BCUT2D eigenvalue weighted by atomic mass is 10.1. The standard InChI is InChI=1S/C17H16F4N2O2/c1-11-6-5-9-22-13(11)10-23(2)15(24)12-7-3-4-8-14(12)25-17(20,21)16(18)19/h3-9,16H,10H2,1-2H3. The Kier molecular flexibility index (Phi) is 5.61. The molecule has 1 heterocycles. The van der Waals surface area contributed by atoms with E-state index >= 15 is 0 Å². The van der Waals surface area contributed by atoms with Crippen LogP contribution in [0, 0.1) is 6.92 Å². The van der Waals surface area contributed by atoms with E-state index in [4.69, 9.17) is 0 Å². The number of alkyl halides is 4. The number of carbonyl (C=O) groups is 1. The minimum absolute atomic E-state index is 0.130. The van der Waals surface area contributed by atoms with Gasteiger partial charge in [-0.2, -0.15) is 17.6 Å². The quantitative estimate of drug-likeness (QED) is 0.738. The molecule has 0 saturated carbocycles. The van der Waals surface area contributed by atoms with Crippen molar-refractivity contribution in [2.75, 3.05) is 7.05 Å². The number of aryl methyl sites for hydroxylation is 1. The van der Waals surface area contributed by atoms with E-state index in [9.17, 15) is 22.4 Å². The molecule has 0 aliphatic heterocycles. The molecule has 2 aromatic rings. The molecule has 0 aliphatic rings. The molecule has 0 N–H and O–H groups in total. The van der Waals surface area contributed by atoms with Crippen LogP contribution in [0.2, 0.25) is 0 Å². The van der Waals surface area contributed by atoms with E-state index in [1.54, 1.807) is 12.3 Å². The number of hydrogen-bond donors (Lipinski definition) is 0. The van der Waals surface area contributed by atoms with Gasteiger partial charge >= 0.3 is 12.5 Å². The third-order valence-corrected chi connectivity index (χ3v) is 3.47. The summed E-state index contributed by atoms with van der Waals surface area (Å²) in [6.07, 6.45) is -7.13. The smallest absolute Gasteiger partial charge is 0.427 e. The van der Waals surface area contributed by atoms with Crippen LogP contribution in [0.1, 0.15) is 21.6 Å². The fraction of sp³-hybridized carbons (Fsp3) is 0.294. The Labute approximate surface area is 142 Å². The zero-order valence-corrected chi connectivity index (χ0v) is 13.5. The average molecular weight is 356 g/mol. The minimum atomic E-state index is -4.69. The molecule has 134 valence electrons. The third-order valence-electron chi connectivity index (χ3n) is 3.47. The van der Waals surface area contributed by atoms with Crippen molar-refractivity contribution in [2.24, 2.45) is 0 Å². The number of benzene rings is 1. The number of ether oxygens (including phenoxy) is 1. The summed E-state index contributed by atoms with van der Waals surface area (Å²) in [6.45, 7) is 1.95. The second kappa shape index (κ2) is 7.50. The van der Waals surface area contributed by atoms with Crippen molar-refractivity contribution in [1.82, 2.24) is 9.88 Å². The number of nitrogens with zero attached hydrogens (tertiary/aromatic N) is 2. The van der Waals surface area contributed by atoms with Crippen molar-refractivity contribution in [3.63, 3.8) is 0 Å². The number of rotatable bonds is 6. The number of pyridine rings is 1. The molecule has 4 nitrogen and oxygen atoms in total. The molecule has 0 aliphatic carbocycles. The molecule has 25 heavy (non-hydrogen) atoms. The maximum atomic E-state index is 13.2. The zero-order chi connectivity index (χ0) is 18.6. The molecule has 1 amide bonds. The van der Waals surface area contributed by atoms with Crippen molar-refractivity contribution in [3.05, 3.63) is 59.4 Å². The summed E-state index contributed by atoms with van der Waals surface area (Å²) in [5.41, 5.74) is 1.25. The fourth-order valence-electron chi connectivity index (χ4n) is 2.11. The van der Waals surface area contributed by atoms with Crippen molar-refractivity contribution >= 4 is 5.91 Å². The van der Waals surface area contributed by atoms with Gasteiger partial charge in [-0.05, 0) is 30.7 Å². The molecular formula is C17H16F4N2O2. The van der Waals surface area contributed by atoms with E-state index in [0.29, 0.717) is 5.69 Å². The maximum absolute atomic E-state index is 13.2. The van der Waals surface area contributed by atoms with Crippen molar-refractivity contribution in [1.29, 1.82) is 0 Å². The van der Waals surface area contributed by atoms with Crippen LogP contribution in [0.25, 0.3) is 0 Å². The first-order valence-electron chi connectivity index (χ1n) is 7.32. The molecule has 0 unspecified atom stereocenters. The van der Waals surface area contributed by atoms with Gasteiger partial charge in [-0.3, -0.25) is 9.78 Å². The summed E-state index contributed by atoms with van der Waals surface area (Å²) >= 11 is 0. The molecule has 0 atom stereocenters. The average Bonchev–Trinajstić information content (AvgIpc) is 2.56. The Bertz CT molecular complexity index is 753. The van der Waals surface area contributed by atoms with Crippen LogP contribution in [0.3, 0.4) is 0 Å². The van der Waals surface area contributed by atoms with Crippen LogP contribution in [0.15, 0.2) is 42.6 Å². The molecule has 0 fully saturated rings. The maximum Gasteiger partial charge on any atom is 0.461 e. The molecule has 0 bridgehead atoms. The van der Waals surface area contributed by atoms with Crippen LogP contribution in [-0.2, 0) is 6.54 Å². The highest BCUT2D eigenvalue weighted by molar-refractivity contribution is 5.96. The first-order chi connectivity index (χ1) is 11.7. The second-order valence-electron chi connectivity index (χ2n) is 5.39. The van der Waals surface area contributed by atoms with Gasteiger partial charge in [0.1, 0.15) is 5.75 Å². The molecular weight excluding hydrogens is 340 g/mol. The van der Waals surface area contributed by atoms with Crippen molar-refractivity contribution in [2.45, 2.75) is 26.0 Å². The van der Waals surface area contributed by atoms with Gasteiger partial charge in [-0.15, -0.1) is 0 Å². The van der Waals surface area contributed by atoms with Crippen LogP contribution < -0.4 is 4.74 Å². The van der Waals surface area contributed by atoms with Crippen LogP contribution in [0.4, 0.5) is 17.6 Å². The molecule has 1 aromatic heterocycles. The molecule has 1 aromatic carbocycles. The Morgan fingerprint density at radius 1 is 1.24 bits per heavy atom. The Hall–Kier alpha value is -2.64. The number of para-hydroxylation sites is 1. The molecule has 0 spiro atoms. The number of hydrogen-bond acceptors (Lipinski definition) is 3. The lowest BCUT2D eigenvalue weighted by Crippen LogP contribution is -2.35. The van der Waals surface area contributed by atoms with E-state index < -0.39 is 24.2 Å². The Morgan fingerprint density at radius 2 is 1.92 bits per heavy atom. The van der Waals surface area contributed by atoms with Gasteiger partial charge in [-0.1, -0.05) is 18.2 Å². The molecule has 2 rings (SSSR count). The van der Waals surface area contributed by atoms with Gasteiger partial charge in [0.05, 0.1) is 17.8 Å². The van der Waals surface area contributed by atoms with E-state index in [-0.39, 0.29) is 12.1 Å². The summed E-state index contributed by atoms with van der Waals surface area (Å²) in [5, 5.41) is 0. The van der Waals surface area contributed by atoms with E-state index in [2.05, 4.69) is 9.72 Å². The van der Waals surface area contributed by atoms with Crippen molar-refractivity contribution in [3.8, 4) is 5.75 Å². The summed E-state index contributed by atoms with van der Waals surface area (Å²) in [6, 6.07) is 8.60. The number of halogens is 4. The zero-order valence-electron chi connectivity index (χ0n) is 13.5. The highest BCUT2D eigenvalue weighted by Crippen LogP contribution is 2.30. The topological polar surface area (TPSA) is 42.4 Å². The second-order valence-corrected chi connectivity index (χ2v) is 5.39. The largest absolute Gasteiger partial charge is 0.461 e. The molecule has 0 saturated heterocycles. The van der Waals surface area contributed by atoms with Gasteiger partial charge < -0.3 is 9.64 Å².